The topological polar surface area (TPSA) is 26.0 Å². The molecule has 28 heavy (non-hydrogen) atoms. The molecule has 2 aromatic carbocycles. The lowest BCUT2D eigenvalue weighted by atomic mass is 9.79. The molecule has 2 aliphatic rings. The Morgan fingerprint density at radius 1 is 1.11 bits per heavy atom. The lowest BCUT2D eigenvalue weighted by molar-refractivity contribution is 0.413. The van der Waals surface area contributed by atoms with Gasteiger partial charge in [0, 0.05) is 5.54 Å². The summed E-state index contributed by atoms with van der Waals surface area (Å²) >= 11 is 0. The molecule has 1 saturated carbocycles. The predicted molar refractivity (Wildman–Crippen MR) is 123 cm³/mol. The Labute approximate surface area is 172 Å². The van der Waals surface area contributed by atoms with E-state index in [0.29, 0.717) is 5.92 Å². The van der Waals surface area contributed by atoms with Crippen LogP contribution in [0.15, 0.2) is 42.5 Å². The first kappa shape index (κ1) is 19.8. The fraction of sp³-hybridized carbons (Fsp3) is 0.538. The number of hydrogen-bond donors (Lipinski definition) is 1. The van der Waals surface area contributed by atoms with Gasteiger partial charge in [-0.3, -0.25) is 0 Å². The Bertz CT molecular complexity index is 814. The first-order valence-electron chi connectivity index (χ1n) is 11.5. The molecule has 0 saturated heterocycles. The number of fused-ring (bicyclic) bond motifs is 1. The zero-order valence-corrected chi connectivity index (χ0v) is 17.8. The number of aryl methyl sites for hydroxylation is 2. The van der Waals surface area contributed by atoms with Gasteiger partial charge in [-0.2, -0.15) is 0 Å². The highest BCUT2D eigenvalue weighted by Crippen LogP contribution is 2.42. The van der Waals surface area contributed by atoms with Crippen molar-refractivity contribution in [3.8, 4) is 0 Å². The van der Waals surface area contributed by atoms with Crippen LogP contribution in [0.2, 0.25) is 0 Å². The minimum absolute atomic E-state index is 0.0863. The first-order chi connectivity index (χ1) is 13.5. The van der Waals surface area contributed by atoms with Gasteiger partial charge in [-0.15, -0.1) is 0 Å². The third kappa shape index (κ3) is 4.54. The Hall–Kier alpha value is -1.54. The zero-order chi connectivity index (χ0) is 19.6. The van der Waals surface area contributed by atoms with E-state index >= 15 is 0 Å². The van der Waals surface area contributed by atoms with Crippen LogP contribution in [0, 0.1) is 5.92 Å². The van der Waals surface area contributed by atoms with Crippen LogP contribution < -0.4 is 11.2 Å². The van der Waals surface area contributed by atoms with Crippen molar-refractivity contribution in [2.45, 2.75) is 82.6 Å². The van der Waals surface area contributed by atoms with Gasteiger partial charge in [-0.1, -0.05) is 54.9 Å². The van der Waals surface area contributed by atoms with Crippen molar-refractivity contribution >= 4 is 13.3 Å². The van der Waals surface area contributed by atoms with Gasteiger partial charge in [0.1, 0.15) is 7.85 Å². The molecular formula is C26H36BN. The van der Waals surface area contributed by atoms with Gasteiger partial charge < -0.3 is 5.73 Å². The second-order valence-electron chi connectivity index (χ2n) is 9.67. The van der Waals surface area contributed by atoms with Crippen molar-refractivity contribution in [3.05, 3.63) is 64.7 Å². The van der Waals surface area contributed by atoms with Crippen molar-refractivity contribution in [3.63, 3.8) is 0 Å². The maximum atomic E-state index is 6.54. The monoisotopic (exact) mass is 373 g/mol. The van der Waals surface area contributed by atoms with E-state index in [1.54, 1.807) is 16.7 Å². The summed E-state index contributed by atoms with van der Waals surface area (Å²) in [4.78, 5) is 0. The standard InChI is InChI=1S/C26H36BN/c1-2-26(28)14-13-24(18-26)23-12-11-21-15-20(9-10-22(21)17-23)6-3-5-19-7-4-8-25(27)16-19/h4,7-8,11-12,16-17,20,24H,2-3,5-6,9-10,13-15,18,27-28H2,1H3/t20?,24-,26-/m1/s1. The van der Waals surface area contributed by atoms with Gasteiger partial charge in [-0.25, -0.2) is 0 Å². The molecule has 2 heteroatoms. The SMILES string of the molecule is Bc1cccc(CCCC2CCc3cc([C@@H]4CC[C@](N)(CC)C4)ccc3C2)c1. The highest BCUT2D eigenvalue weighted by molar-refractivity contribution is 6.32. The largest absolute Gasteiger partial charge is 0.325 e. The molecule has 0 radical (unpaired) electrons. The lowest BCUT2D eigenvalue weighted by Gasteiger charge is -2.26. The fourth-order valence-electron chi connectivity index (χ4n) is 5.58. The summed E-state index contributed by atoms with van der Waals surface area (Å²) in [6.07, 6.45) is 12.6. The third-order valence-electron chi connectivity index (χ3n) is 7.54. The van der Waals surface area contributed by atoms with Crippen LogP contribution in [-0.4, -0.2) is 13.4 Å². The molecule has 0 heterocycles. The summed E-state index contributed by atoms with van der Waals surface area (Å²) in [6.45, 7) is 2.24. The summed E-state index contributed by atoms with van der Waals surface area (Å²) in [7, 11) is 2.19. The van der Waals surface area contributed by atoms with Gasteiger partial charge in [0.15, 0.2) is 0 Å². The molecule has 0 spiro atoms. The van der Waals surface area contributed by atoms with Crippen molar-refractivity contribution in [2.24, 2.45) is 11.7 Å². The minimum Gasteiger partial charge on any atom is -0.325 e. The average molecular weight is 373 g/mol. The third-order valence-corrected chi connectivity index (χ3v) is 7.54. The summed E-state index contributed by atoms with van der Waals surface area (Å²) in [5, 5.41) is 0. The van der Waals surface area contributed by atoms with E-state index in [9.17, 15) is 0 Å². The molecule has 2 aliphatic carbocycles. The Balaban J connectivity index is 1.32. The quantitative estimate of drug-likeness (QED) is 0.744. The number of benzene rings is 2. The summed E-state index contributed by atoms with van der Waals surface area (Å²) < 4.78 is 0. The molecular weight excluding hydrogens is 337 g/mol. The molecule has 1 nitrogen and oxygen atoms in total. The number of hydrogen-bond acceptors (Lipinski definition) is 1. The molecule has 2 N–H and O–H groups in total. The summed E-state index contributed by atoms with van der Waals surface area (Å²) in [5.41, 5.74) is 14.3. The minimum atomic E-state index is 0.0863. The van der Waals surface area contributed by atoms with Crippen molar-refractivity contribution < 1.29 is 0 Å². The van der Waals surface area contributed by atoms with E-state index < -0.39 is 0 Å². The molecule has 0 aromatic heterocycles. The van der Waals surface area contributed by atoms with Crippen molar-refractivity contribution in [1.82, 2.24) is 0 Å². The molecule has 3 atom stereocenters. The molecule has 1 unspecified atom stereocenters. The van der Waals surface area contributed by atoms with E-state index in [1.165, 1.54) is 68.8 Å². The van der Waals surface area contributed by atoms with Gasteiger partial charge in [-0.05, 0) is 98.3 Å². The van der Waals surface area contributed by atoms with Crippen LogP contribution in [-0.2, 0) is 19.3 Å². The molecule has 0 aliphatic heterocycles. The molecule has 4 rings (SSSR count). The Morgan fingerprint density at radius 3 is 2.79 bits per heavy atom. The van der Waals surface area contributed by atoms with Crippen LogP contribution in [0.1, 0.15) is 80.0 Å². The average Bonchev–Trinajstić information content (AvgIpc) is 3.10. The molecule has 2 aromatic rings. The molecule has 1 fully saturated rings. The van der Waals surface area contributed by atoms with Crippen molar-refractivity contribution in [2.75, 3.05) is 0 Å². The smallest absolute Gasteiger partial charge is 0.139 e. The lowest BCUT2D eigenvalue weighted by Crippen LogP contribution is -2.35. The van der Waals surface area contributed by atoms with E-state index in [0.717, 1.165) is 12.3 Å². The van der Waals surface area contributed by atoms with Gasteiger partial charge in [0.25, 0.3) is 0 Å². The van der Waals surface area contributed by atoms with Crippen LogP contribution in [0.3, 0.4) is 0 Å². The zero-order valence-electron chi connectivity index (χ0n) is 17.8. The van der Waals surface area contributed by atoms with Crippen LogP contribution in [0.5, 0.6) is 0 Å². The van der Waals surface area contributed by atoms with Crippen LogP contribution in [0.4, 0.5) is 0 Å². The maximum Gasteiger partial charge on any atom is 0.139 e. The maximum absolute atomic E-state index is 6.54. The van der Waals surface area contributed by atoms with E-state index in [-0.39, 0.29) is 5.54 Å². The van der Waals surface area contributed by atoms with Crippen LogP contribution in [0.25, 0.3) is 0 Å². The predicted octanol–water partition coefficient (Wildman–Crippen LogP) is 4.45. The van der Waals surface area contributed by atoms with Gasteiger partial charge in [0.2, 0.25) is 0 Å². The Morgan fingerprint density at radius 2 is 2.00 bits per heavy atom. The van der Waals surface area contributed by atoms with E-state index in [4.69, 9.17) is 5.73 Å². The van der Waals surface area contributed by atoms with E-state index in [2.05, 4.69) is 57.2 Å². The highest BCUT2D eigenvalue weighted by atomic mass is 14.8. The number of rotatable bonds is 6. The molecule has 0 amide bonds. The highest BCUT2D eigenvalue weighted by Gasteiger charge is 2.35. The summed E-state index contributed by atoms with van der Waals surface area (Å²) in [6, 6.07) is 16.4. The van der Waals surface area contributed by atoms with Crippen LogP contribution >= 0.6 is 0 Å². The number of nitrogens with two attached hydrogens (primary N) is 1. The van der Waals surface area contributed by atoms with E-state index in [1.807, 2.05) is 0 Å². The second-order valence-corrected chi connectivity index (χ2v) is 9.67. The van der Waals surface area contributed by atoms with Gasteiger partial charge in [0.05, 0.1) is 0 Å². The Kier molecular flexibility index (Phi) is 5.97. The summed E-state index contributed by atoms with van der Waals surface area (Å²) in [5.74, 6) is 1.55. The fourth-order valence-corrected chi connectivity index (χ4v) is 5.58. The molecule has 148 valence electrons. The second kappa shape index (κ2) is 8.45. The molecule has 0 bridgehead atoms. The van der Waals surface area contributed by atoms with Crippen molar-refractivity contribution in [1.29, 1.82) is 0 Å². The van der Waals surface area contributed by atoms with Gasteiger partial charge >= 0.3 is 0 Å². The first-order valence-corrected chi connectivity index (χ1v) is 11.5. The normalized spacial score (nSPS) is 26.9.